The van der Waals surface area contributed by atoms with Crippen LogP contribution in [0, 0.1) is 0 Å². The van der Waals surface area contributed by atoms with E-state index in [1.54, 1.807) is 13.8 Å². The first-order chi connectivity index (χ1) is 14.4. The zero-order valence-electron chi connectivity index (χ0n) is 17.3. The van der Waals surface area contributed by atoms with Crippen LogP contribution in [0.15, 0.2) is 48.5 Å². The normalized spacial score (nSPS) is 11.3. The Morgan fingerprint density at radius 1 is 1.07 bits per heavy atom. The summed E-state index contributed by atoms with van der Waals surface area (Å²) in [5.41, 5.74) is 2.92. The highest BCUT2D eigenvalue weighted by Crippen LogP contribution is 2.29. The second-order valence-corrected chi connectivity index (χ2v) is 7.47. The molecule has 0 aliphatic rings. The molecule has 0 atom stereocenters. The number of nitrogens with one attached hydrogen (secondary N) is 2. The molecular formula is C22H25N5O3. The van der Waals surface area contributed by atoms with Crippen LogP contribution < -0.4 is 5.32 Å². The number of ether oxygens (including phenoxy) is 1. The summed E-state index contributed by atoms with van der Waals surface area (Å²) in [5, 5.41) is 17.4. The van der Waals surface area contributed by atoms with Crippen molar-refractivity contribution in [2.24, 2.45) is 0 Å². The van der Waals surface area contributed by atoms with E-state index in [-0.39, 0.29) is 6.42 Å². The van der Waals surface area contributed by atoms with Crippen molar-refractivity contribution in [3.63, 3.8) is 0 Å². The Morgan fingerprint density at radius 2 is 1.77 bits per heavy atom. The van der Waals surface area contributed by atoms with Crippen molar-refractivity contribution in [1.29, 1.82) is 0 Å². The maximum absolute atomic E-state index is 12.2. The Kier molecular flexibility index (Phi) is 6.68. The van der Waals surface area contributed by atoms with Gasteiger partial charge in [0, 0.05) is 18.5 Å². The monoisotopic (exact) mass is 407 g/mol. The Hall–Kier alpha value is -3.39. The Labute approximate surface area is 175 Å². The van der Waals surface area contributed by atoms with Gasteiger partial charge in [-0.05, 0) is 42.2 Å². The highest BCUT2D eigenvalue weighted by Gasteiger charge is 2.30. The molecule has 156 valence electrons. The smallest absolute Gasteiger partial charge is 0.333 e. The SMILES string of the molecule is CCCC(=O)OC(=O)C(C)(C)NCc1ccc(-c2ccccc2-c2nn[nH]n2)cc1. The molecular weight excluding hydrogens is 382 g/mol. The second kappa shape index (κ2) is 9.41. The van der Waals surface area contributed by atoms with Gasteiger partial charge in [0.1, 0.15) is 5.54 Å². The van der Waals surface area contributed by atoms with Crippen molar-refractivity contribution >= 4 is 11.9 Å². The summed E-state index contributed by atoms with van der Waals surface area (Å²) in [6.07, 6.45) is 0.872. The van der Waals surface area contributed by atoms with Crippen LogP contribution >= 0.6 is 0 Å². The molecule has 0 bridgehead atoms. The molecule has 2 aromatic carbocycles. The lowest BCUT2D eigenvalue weighted by Crippen LogP contribution is -2.48. The van der Waals surface area contributed by atoms with E-state index in [0.29, 0.717) is 18.8 Å². The molecule has 0 aliphatic heterocycles. The van der Waals surface area contributed by atoms with E-state index in [2.05, 4.69) is 25.9 Å². The minimum Gasteiger partial charge on any atom is -0.392 e. The van der Waals surface area contributed by atoms with Gasteiger partial charge in [-0.15, -0.1) is 10.2 Å². The molecule has 2 N–H and O–H groups in total. The third-order valence-corrected chi connectivity index (χ3v) is 4.68. The summed E-state index contributed by atoms with van der Waals surface area (Å²) < 4.78 is 4.91. The maximum atomic E-state index is 12.2. The maximum Gasteiger partial charge on any atom is 0.333 e. The van der Waals surface area contributed by atoms with Crippen molar-refractivity contribution in [3.8, 4) is 22.5 Å². The standard InChI is InChI=1S/C22H25N5O3/c1-4-7-19(28)30-21(29)22(2,3)23-14-15-10-12-16(13-11-15)17-8-5-6-9-18(17)20-24-26-27-25-20/h5-6,8-13,23H,4,7,14H2,1-3H3,(H,24,25,26,27). The van der Waals surface area contributed by atoms with Gasteiger partial charge in [0.2, 0.25) is 5.82 Å². The highest BCUT2D eigenvalue weighted by atomic mass is 16.6. The number of carbonyl (C=O) groups is 2. The van der Waals surface area contributed by atoms with Gasteiger partial charge in [-0.1, -0.05) is 55.5 Å². The van der Waals surface area contributed by atoms with Crippen LogP contribution in [0.3, 0.4) is 0 Å². The van der Waals surface area contributed by atoms with Crippen molar-refractivity contribution in [3.05, 3.63) is 54.1 Å². The van der Waals surface area contributed by atoms with Crippen LogP contribution in [0.4, 0.5) is 0 Å². The van der Waals surface area contributed by atoms with Gasteiger partial charge >= 0.3 is 11.9 Å². The zero-order valence-corrected chi connectivity index (χ0v) is 17.3. The third kappa shape index (κ3) is 5.15. The molecule has 1 aromatic heterocycles. The number of aromatic amines is 1. The van der Waals surface area contributed by atoms with Gasteiger partial charge in [0.05, 0.1) is 0 Å². The highest BCUT2D eigenvalue weighted by molar-refractivity contribution is 5.90. The molecule has 1 heterocycles. The van der Waals surface area contributed by atoms with Gasteiger partial charge in [0.15, 0.2) is 0 Å². The number of benzene rings is 2. The predicted octanol–water partition coefficient (Wildman–Crippen LogP) is 3.27. The van der Waals surface area contributed by atoms with E-state index >= 15 is 0 Å². The van der Waals surface area contributed by atoms with E-state index in [1.165, 1.54) is 0 Å². The summed E-state index contributed by atoms with van der Waals surface area (Å²) in [4.78, 5) is 23.8. The predicted molar refractivity (Wildman–Crippen MR) is 112 cm³/mol. The third-order valence-electron chi connectivity index (χ3n) is 4.68. The fraction of sp³-hybridized carbons (Fsp3) is 0.318. The molecule has 3 aromatic rings. The van der Waals surface area contributed by atoms with Crippen molar-refractivity contribution in [1.82, 2.24) is 25.9 Å². The number of H-pyrrole nitrogens is 1. The van der Waals surface area contributed by atoms with E-state index < -0.39 is 17.5 Å². The Bertz CT molecular complexity index is 998. The average molecular weight is 407 g/mol. The largest absolute Gasteiger partial charge is 0.392 e. The fourth-order valence-corrected chi connectivity index (χ4v) is 2.89. The first-order valence-corrected chi connectivity index (χ1v) is 9.83. The quantitative estimate of drug-likeness (QED) is 0.435. The molecule has 3 rings (SSSR count). The first kappa shape index (κ1) is 21.3. The summed E-state index contributed by atoms with van der Waals surface area (Å²) in [6.45, 7) is 5.71. The summed E-state index contributed by atoms with van der Waals surface area (Å²) in [7, 11) is 0. The number of rotatable bonds is 8. The Morgan fingerprint density at radius 3 is 2.40 bits per heavy atom. The van der Waals surface area contributed by atoms with Crippen LogP contribution in [0.5, 0.6) is 0 Å². The number of hydrogen-bond donors (Lipinski definition) is 2. The second-order valence-electron chi connectivity index (χ2n) is 7.47. The lowest BCUT2D eigenvalue weighted by Gasteiger charge is -2.23. The lowest BCUT2D eigenvalue weighted by atomic mass is 9.98. The van der Waals surface area contributed by atoms with E-state index in [0.717, 1.165) is 22.3 Å². The lowest BCUT2D eigenvalue weighted by molar-refractivity contribution is -0.163. The molecule has 0 saturated carbocycles. The van der Waals surface area contributed by atoms with Crippen LogP contribution in [0.1, 0.15) is 39.2 Å². The number of tetrazole rings is 1. The minimum atomic E-state index is -0.979. The topological polar surface area (TPSA) is 110 Å². The van der Waals surface area contributed by atoms with Crippen molar-refractivity contribution < 1.29 is 14.3 Å². The fourth-order valence-electron chi connectivity index (χ4n) is 2.89. The van der Waals surface area contributed by atoms with Gasteiger partial charge in [0.25, 0.3) is 0 Å². The average Bonchev–Trinajstić information content (AvgIpc) is 3.27. The van der Waals surface area contributed by atoms with Crippen molar-refractivity contribution in [2.75, 3.05) is 0 Å². The van der Waals surface area contributed by atoms with Crippen molar-refractivity contribution in [2.45, 2.75) is 45.7 Å². The first-order valence-electron chi connectivity index (χ1n) is 9.83. The molecule has 0 aliphatic carbocycles. The molecule has 30 heavy (non-hydrogen) atoms. The van der Waals surface area contributed by atoms with Crippen LogP contribution in [-0.2, 0) is 20.9 Å². The Balaban J connectivity index is 1.67. The molecule has 0 unspecified atom stereocenters. The molecule has 0 radical (unpaired) electrons. The van der Waals surface area contributed by atoms with Gasteiger partial charge < -0.3 is 4.74 Å². The van der Waals surface area contributed by atoms with Crippen LogP contribution in [0.2, 0.25) is 0 Å². The molecule has 0 fully saturated rings. The summed E-state index contributed by atoms with van der Waals surface area (Å²) in [5.74, 6) is -0.539. The van der Waals surface area contributed by atoms with Crippen LogP contribution in [0.25, 0.3) is 22.5 Å². The van der Waals surface area contributed by atoms with Gasteiger partial charge in [-0.2, -0.15) is 5.21 Å². The molecule has 0 spiro atoms. The number of aromatic nitrogens is 4. The van der Waals surface area contributed by atoms with E-state index in [9.17, 15) is 9.59 Å². The zero-order chi connectivity index (χ0) is 21.6. The van der Waals surface area contributed by atoms with E-state index in [1.807, 2.05) is 55.5 Å². The van der Waals surface area contributed by atoms with E-state index in [4.69, 9.17) is 4.74 Å². The molecule has 8 heteroatoms. The number of esters is 2. The number of nitrogens with zero attached hydrogens (tertiary/aromatic N) is 3. The van der Waals surface area contributed by atoms with Crippen LogP contribution in [-0.4, -0.2) is 38.1 Å². The molecule has 8 nitrogen and oxygen atoms in total. The summed E-state index contributed by atoms with van der Waals surface area (Å²) >= 11 is 0. The van der Waals surface area contributed by atoms with Gasteiger partial charge in [-0.25, -0.2) is 4.79 Å². The summed E-state index contributed by atoms with van der Waals surface area (Å²) in [6, 6.07) is 15.8. The molecule has 0 saturated heterocycles. The number of hydrogen-bond acceptors (Lipinski definition) is 7. The number of carbonyl (C=O) groups excluding carboxylic acids is 2. The molecule has 0 amide bonds. The van der Waals surface area contributed by atoms with Gasteiger partial charge in [-0.3, -0.25) is 10.1 Å². The minimum absolute atomic E-state index is 0.231.